The lowest BCUT2D eigenvalue weighted by atomic mass is 9.85. The molecule has 0 aliphatic heterocycles. The van der Waals surface area contributed by atoms with Gasteiger partial charge in [0.15, 0.2) is 5.69 Å². The number of nitrogens with zero attached hydrogens (tertiary/aromatic N) is 2. The largest absolute Gasteiger partial charge is 0.477 e. The molecule has 0 saturated carbocycles. The van der Waals surface area contributed by atoms with Gasteiger partial charge in [0.05, 0.1) is 0 Å². The predicted octanol–water partition coefficient (Wildman–Crippen LogP) is 2.51. The van der Waals surface area contributed by atoms with Crippen LogP contribution in [0.5, 0.6) is 0 Å². The average Bonchev–Trinajstić information content (AvgIpc) is 2.28. The number of hydrogen-bond donors (Lipinski definition) is 2. The van der Waals surface area contributed by atoms with E-state index in [-0.39, 0.29) is 5.69 Å². The van der Waals surface area contributed by atoms with Crippen LogP contribution < -0.4 is 5.32 Å². The van der Waals surface area contributed by atoms with Crippen LogP contribution in [-0.2, 0) is 0 Å². The van der Waals surface area contributed by atoms with Crippen molar-refractivity contribution in [2.75, 3.05) is 11.9 Å². The summed E-state index contributed by atoms with van der Waals surface area (Å²) in [5.41, 5.74) is 0.0122. The summed E-state index contributed by atoms with van der Waals surface area (Å²) in [6, 6.07) is 1.38. The maximum atomic E-state index is 10.8. The molecule has 1 rings (SSSR count). The molecule has 0 spiro atoms. The van der Waals surface area contributed by atoms with Crippen LogP contribution in [0.4, 0.5) is 5.95 Å². The third kappa shape index (κ3) is 3.98. The highest BCUT2D eigenvalue weighted by molar-refractivity contribution is 5.85. The van der Waals surface area contributed by atoms with Gasteiger partial charge in [0.1, 0.15) is 0 Å². The standard InChI is InChI=1S/C13H21N3O2/c1-8(2)10(9(3)4)7-15-13-14-6-5-11(16-13)12(17)18/h5-6,8-10H,7H2,1-4H3,(H,17,18)(H,14,15,16). The van der Waals surface area contributed by atoms with E-state index in [1.54, 1.807) is 0 Å². The summed E-state index contributed by atoms with van der Waals surface area (Å²) in [5, 5.41) is 12.0. The topological polar surface area (TPSA) is 75.1 Å². The first-order chi connectivity index (χ1) is 8.41. The first-order valence-electron chi connectivity index (χ1n) is 6.22. The summed E-state index contributed by atoms with van der Waals surface area (Å²) >= 11 is 0. The Hall–Kier alpha value is -1.65. The van der Waals surface area contributed by atoms with Crippen molar-refractivity contribution >= 4 is 11.9 Å². The third-order valence-corrected chi connectivity index (χ3v) is 3.08. The molecule has 1 aromatic heterocycles. The summed E-state index contributed by atoms with van der Waals surface area (Å²) in [5.74, 6) is 0.952. The zero-order valence-electron chi connectivity index (χ0n) is 11.3. The zero-order valence-corrected chi connectivity index (χ0v) is 11.3. The molecule has 18 heavy (non-hydrogen) atoms. The van der Waals surface area contributed by atoms with E-state index in [9.17, 15) is 4.79 Å². The molecule has 0 aliphatic carbocycles. The molecule has 0 fully saturated rings. The Labute approximate surface area is 108 Å². The second kappa shape index (κ2) is 6.33. The van der Waals surface area contributed by atoms with Crippen molar-refractivity contribution in [2.24, 2.45) is 17.8 Å². The Morgan fingerprint density at radius 3 is 2.44 bits per heavy atom. The number of carboxylic acids is 1. The van der Waals surface area contributed by atoms with Crippen LogP contribution >= 0.6 is 0 Å². The van der Waals surface area contributed by atoms with Crippen molar-refractivity contribution < 1.29 is 9.90 Å². The van der Waals surface area contributed by atoms with Crippen molar-refractivity contribution in [1.82, 2.24) is 9.97 Å². The SMILES string of the molecule is CC(C)C(CNc1nccc(C(=O)O)n1)C(C)C. The highest BCUT2D eigenvalue weighted by atomic mass is 16.4. The van der Waals surface area contributed by atoms with Gasteiger partial charge in [-0.3, -0.25) is 0 Å². The van der Waals surface area contributed by atoms with Crippen molar-refractivity contribution in [3.05, 3.63) is 18.0 Å². The van der Waals surface area contributed by atoms with Gasteiger partial charge in [0.2, 0.25) is 5.95 Å². The lowest BCUT2D eigenvalue weighted by molar-refractivity contribution is 0.0690. The predicted molar refractivity (Wildman–Crippen MR) is 70.6 cm³/mol. The quantitative estimate of drug-likeness (QED) is 0.812. The Balaban J connectivity index is 2.67. The molecule has 0 atom stereocenters. The zero-order chi connectivity index (χ0) is 13.7. The maximum absolute atomic E-state index is 10.8. The fraction of sp³-hybridized carbons (Fsp3) is 0.615. The van der Waals surface area contributed by atoms with Gasteiger partial charge in [-0.2, -0.15) is 0 Å². The molecule has 100 valence electrons. The first kappa shape index (κ1) is 14.4. The van der Waals surface area contributed by atoms with Gasteiger partial charge in [0.25, 0.3) is 0 Å². The van der Waals surface area contributed by atoms with Gasteiger partial charge in [-0.05, 0) is 23.8 Å². The number of aromatic nitrogens is 2. The Bertz CT molecular complexity index is 397. The number of rotatable bonds is 6. The second-order valence-corrected chi connectivity index (χ2v) is 5.10. The van der Waals surface area contributed by atoms with E-state index in [1.807, 2.05) is 0 Å². The van der Waals surface area contributed by atoms with Crippen LogP contribution in [-0.4, -0.2) is 27.6 Å². The fourth-order valence-corrected chi connectivity index (χ4v) is 2.01. The van der Waals surface area contributed by atoms with Gasteiger partial charge < -0.3 is 10.4 Å². The van der Waals surface area contributed by atoms with Crippen LogP contribution in [0.25, 0.3) is 0 Å². The number of hydrogen-bond acceptors (Lipinski definition) is 4. The molecule has 0 aliphatic rings. The minimum Gasteiger partial charge on any atom is -0.477 e. The lowest BCUT2D eigenvalue weighted by Gasteiger charge is -2.24. The molecule has 1 heterocycles. The summed E-state index contributed by atoms with van der Waals surface area (Å²) in [6.07, 6.45) is 1.46. The first-order valence-corrected chi connectivity index (χ1v) is 6.22. The smallest absolute Gasteiger partial charge is 0.354 e. The van der Waals surface area contributed by atoms with Crippen molar-refractivity contribution in [3.8, 4) is 0 Å². The average molecular weight is 251 g/mol. The molecule has 0 unspecified atom stereocenters. The van der Waals surface area contributed by atoms with Crippen LogP contribution in [0.2, 0.25) is 0 Å². The molecule has 0 bridgehead atoms. The molecule has 5 nitrogen and oxygen atoms in total. The molecular weight excluding hydrogens is 230 g/mol. The molecule has 0 aromatic carbocycles. The molecule has 2 N–H and O–H groups in total. The fourth-order valence-electron chi connectivity index (χ4n) is 2.01. The monoisotopic (exact) mass is 251 g/mol. The Morgan fingerprint density at radius 1 is 1.33 bits per heavy atom. The van der Waals surface area contributed by atoms with Gasteiger partial charge in [-0.1, -0.05) is 27.7 Å². The van der Waals surface area contributed by atoms with E-state index < -0.39 is 5.97 Å². The van der Waals surface area contributed by atoms with E-state index in [4.69, 9.17) is 5.11 Å². The van der Waals surface area contributed by atoms with Gasteiger partial charge in [-0.15, -0.1) is 0 Å². The highest BCUT2D eigenvalue weighted by Crippen LogP contribution is 2.20. The minimum atomic E-state index is -1.04. The molecular formula is C13H21N3O2. The number of nitrogens with one attached hydrogen (secondary N) is 1. The van der Waals surface area contributed by atoms with E-state index in [0.717, 1.165) is 6.54 Å². The van der Waals surface area contributed by atoms with Crippen LogP contribution in [0, 0.1) is 17.8 Å². The van der Waals surface area contributed by atoms with Crippen molar-refractivity contribution in [3.63, 3.8) is 0 Å². The van der Waals surface area contributed by atoms with Crippen LogP contribution in [0.1, 0.15) is 38.2 Å². The van der Waals surface area contributed by atoms with Crippen LogP contribution in [0.15, 0.2) is 12.3 Å². The number of carboxylic acid groups (broad SMARTS) is 1. The summed E-state index contributed by atoms with van der Waals surface area (Å²) in [7, 11) is 0. The number of aromatic carboxylic acids is 1. The minimum absolute atomic E-state index is 0.0122. The summed E-state index contributed by atoms with van der Waals surface area (Å²) in [4.78, 5) is 18.8. The summed E-state index contributed by atoms with van der Waals surface area (Å²) < 4.78 is 0. The van der Waals surface area contributed by atoms with E-state index in [0.29, 0.717) is 23.7 Å². The lowest BCUT2D eigenvalue weighted by Crippen LogP contribution is -2.25. The van der Waals surface area contributed by atoms with E-state index in [2.05, 4.69) is 43.0 Å². The Morgan fingerprint density at radius 2 is 1.94 bits per heavy atom. The van der Waals surface area contributed by atoms with Crippen molar-refractivity contribution in [2.45, 2.75) is 27.7 Å². The molecule has 5 heteroatoms. The number of carbonyl (C=O) groups is 1. The second-order valence-electron chi connectivity index (χ2n) is 5.10. The normalized spacial score (nSPS) is 11.3. The molecule has 0 saturated heterocycles. The van der Waals surface area contributed by atoms with E-state index >= 15 is 0 Å². The Kier molecular flexibility index (Phi) is 5.07. The van der Waals surface area contributed by atoms with Gasteiger partial charge in [0, 0.05) is 12.7 Å². The van der Waals surface area contributed by atoms with E-state index in [1.165, 1.54) is 12.3 Å². The number of anilines is 1. The van der Waals surface area contributed by atoms with Crippen molar-refractivity contribution in [1.29, 1.82) is 0 Å². The molecule has 1 aromatic rings. The van der Waals surface area contributed by atoms with Gasteiger partial charge in [-0.25, -0.2) is 14.8 Å². The van der Waals surface area contributed by atoms with Gasteiger partial charge >= 0.3 is 5.97 Å². The van der Waals surface area contributed by atoms with Crippen LogP contribution in [0.3, 0.4) is 0 Å². The maximum Gasteiger partial charge on any atom is 0.354 e. The molecule has 0 amide bonds. The third-order valence-electron chi connectivity index (χ3n) is 3.08. The molecule has 0 radical (unpaired) electrons. The summed E-state index contributed by atoms with van der Waals surface area (Å²) in [6.45, 7) is 9.47. The highest BCUT2D eigenvalue weighted by Gasteiger charge is 2.17.